The predicted molar refractivity (Wildman–Crippen MR) is 201 cm³/mol. The van der Waals surface area contributed by atoms with Gasteiger partial charge in [-0.3, -0.25) is 25.1 Å². The van der Waals surface area contributed by atoms with Crippen LogP contribution in [-0.4, -0.2) is 39.8 Å². The molecule has 0 amide bonds. The Hall–Kier alpha value is -7.33. The van der Waals surface area contributed by atoms with Gasteiger partial charge in [0.15, 0.2) is 0 Å². The van der Waals surface area contributed by atoms with Gasteiger partial charge in [-0.2, -0.15) is 0 Å². The summed E-state index contributed by atoms with van der Waals surface area (Å²) in [4.78, 5) is 41.8. The first-order valence-electron chi connectivity index (χ1n) is 16.2. The minimum atomic E-state index is -0.390. The zero-order valence-corrected chi connectivity index (χ0v) is 26.9. The van der Waals surface area contributed by atoms with Gasteiger partial charge < -0.3 is 9.97 Å². The summed E-state index contributed by atoms with van der Waals surface area (Å²) in [6.45, 7) is 0. The topological polar surface area (TPSA) is 139 Å². The van der Waals surface area contributed by atoms with Gasteiger partial charge >= 0.3 is 0 Å². The minimum Gasteiger partial charge on any atom is -0.354 e. The molecule has 242 valence electrons. The first kappa shape index (κ1) is 29.8. The van der Waals surface area contributed by atoms with Crippen molar-refractivity contribution in [2.24, 2.45) is 0 Å². The smallest absolute Gasteiger partial charge is 0.269 e. The molecular formula is C41H26N8O2. The van der Waals surface area contributed by atoms with E-state index < -0.39 is 4.92 Å². The number of nitrogens with one attached hydrogen (secondary N) is 2. The lowest BCUT2D eigenvalue weighted by Gasteiger charge is -2.06. The Labute approximate surface area is 290 Å². The van der Waals surface area contributed by atoms with Gasteiger partial charge in [0, 0.05) is 93.6 Å². The van der Waals surface area contributed by atoms with E-state index >= 15 is 0 Å². The highest BCUT2D eigenvalue weighted by Gasteiger charge is 2.19. The average molecular weight is 663 g/mol. The van der Waals surface area contributed by atoms with E-state index in [1.165, 1.54) is 12.1 Å². The number of hydrogen-bond acceptors (Lipinski definition) is 7. The molecule has 0 fully saturated rings. The number of benzene rings is 1. The number of aromatic nitrogens is 7. The van der Waals surface area contributed by atoms with Crippen molar-refractivity contribution in [2.45, 2.75) is 0 Å². The highest BCUT2D eigenvalue weighted by Crippen LogP contribution is 2.38. The molecular weight excluding hydrogens is 637 g/mol. The molecule has 0 saturated carbocycles. The third-order valence-corrected chi connectivity index (χ3v) is 9.03. The molecule has 0 saturated heterocycles. The van der Waals surface area contributed by atoms with E-state index in [9.17, 15) is 10.1 Å². The summed E-state index contributed by atoms with van der Waals surface area (Å²) in [5, 5.41) is 11.6. The SMILES string of the molecule is O=[N+]([O-])c1ccc(-c2c3ccc([nH]3)c(-c3ccncc3)c3nc(c(-c4ccncc4)c4nc(c(-c5ccncc5)c5ccc2[nH]5)C=C4)C=C3)cc1. The van der Waals surface area contributed by atoms with E-state index in [1.54, 1.807) is 49.3 Å². The van der Waals surface area contributed by atoms with Crippen LogP contribution in [0.1, 0.15) is 22.8 Å². The quantitative estimate of drug-likeness (QED) is 0.138. The standard InChI is InChI=1S/C41H26N8O2/c50-49(51)29-3-1-25(2-4-29)38-30-5-7-32(45-30)39(26-13-19-42-20-14-26)34-9-11-36(47-34)41(28-17-23-44-24-18-28)37-12-10-35(48-37)40(27-15-21-43-22-16-27)33-8-6-31(38)46-33/h1-24,45-46H. The molecule has 51 heavy (non-hydrogen) atoms. The summed E-state index contributed by atoms with van der Waals surface area (Å²) in [5.74, 6) is 0. The lowest BCUT2D eigenvalue weighted by atomic mass is 10.0. The number of nitrogens with zero attached hydrogens (tertiary/aromatic N) is 6. The summed E-state index contributed by atoms with van der Waals surface area (Å²) >= 11 is 0. The van der Waals surface area contributed by atoms with Gasteiger partial charge in [-0.1, -0.05) is 0 Å². The van der Waals surface area contributed by atoms with Gasteiger partial charge in [-0.25, -0.2) is 9.97 Å². The van der Waals surface area contributed by atoms with Gasteiger partial charge in [-0.05, 0) is 119 Å². The van der Waals surface area contributed by atoms with Crippen molar-refractivity contribution in [3.63, 3.8) is 0 Å². The van der Waals surface area contributed by atoms with E-state index in [0.717, 1.165) is 89.4 Å². The largest absolute Gasteiger partial charge is 0.354 e. The molecule has 10 heteroatoms. The lowest BCUT2D eigenvalue weighted by molar-refractivity contribution is -0.384. The average Bonchev–Trinajstić information content (AvgIpc) is 4.01. The monoisotopic (exact) mass is 662 g/mol. The van der Waals surface area contributed by atoms with Crippen molar-refractivity contribution >= 4 is 52.1 Å². The van der Waals surface area contributed by atoms with Crippen LogP contribution in [0.3, 0.4) is 0 Å². The zero-order valence-electron chi connectivity index (χ0n) is 26.9. The lowest BCUT2D eigenvalue weighted by Crippen LogP contribution is -1.91. The molecule has 8 heterocycles. The molecule has 0 aliphatic carbocycles. The van der Waals surface area contributed by atoms with Crippen LogP contribution in [0.2, 0.25) is 0 Å². The van der Waals surface area contributed by atoms with Crippen LogP contribution in [0.15, 0.2) is 122 Å². The summed E-state index contributed by atoms with van der Waals surface area (Å²) in [6.07, 6.45) is 18.7. The Kier molecular flexibility index (Phi) is 7.17. The van der Waals surface area contributed by atoms with Crippen LogP contribution in [0, 0.1) is 10.1 Å². The van der Waals surface area contributed by atoms with Crippen LogP contribution in [0.5, 0.6) is 0 Å². The second-order valence-electron chi connectivity index (χ2n) is 12.0. The Bertz CT molecular complexity index is 2560. The number of nitro groups is 1. The number of pyridine rings is 3. The Morgan fingerprint density at radius 3 is 1.14 bits per heavy atom. The van der Waals surface area contributed by atoms with Crippen LogP contribution in [0.4, 0.5) is 5.69 Å². The molecule has 0 spiro atoms. The summed E-state index contributed by atoms with van der Waals surface area (Å²) in [7, 11) is 0. The number of nitro benzene ring substituents is 1. The number of fused-ring (bicyclic) bond motifs is 8. The fourth-order valence-electron chi connectivity index (χ4n) is 6.73. The number of aromatic amines is 2. The Balaban J connectivity index is 1.46. The molecule has 7 aromatic rings. The van der Waals surface area contributed by atoms with Crippen molar-refractivity contribution in [2.75, 3.05) is 0 Å². The normalized spacial score (nSPS) is 11.9. The van der Waals surface area contributed by atoms with Crippen LogP contribution in [0.25, 0.3) is 90.9 Å². The molecule has 10 nitrogen and oxygen atoms in total. The highest BCUT2D eigenvalue weighted by atomic mass is 16.6. The minimum absolute atomic E-state index is 0.0210. The molecule has 1 aromatic carbocycles. The number of rotatable bonds is 5. The fraction of sp³-hybridized carbons (Fsp3) is 0. The first-order chi connectivity index (χ1) is 25.1. The Morgan fingerprint density at radius 1 is 0.412 bits per heavy atom. The number of non-ortho nitro benzene ring substituents is 1. The molecule has 2 N–H and O–H groups in total. The third kappa shape index (κ3) is 5.37. The van der Waals surface area contributed by atoms with E-state index in [-0.39, 0.29) is 5.69 Å². The fourth-order valence-corrected chi connectivity index (χ4v) is 6.73. The summed E-state index contributed by atoms with van der Waals surface area (Å²) in [6, 6.07) is 26.6. The zero-order chi connectivity index (χ0) is 34.3. The summed E-state index contributed by atoms with van der Waals surface area (Å²) in [5.41, 5.74) is 13.6. The molecule has 0 atom stereocenters. The second-order valence-corrected chi connectivity index (χ2v) is 12.0. The maximum Gasteiger partial charge on any atom is 0.269 e. The number of H-pyrrole nitrogens is 2. The summed E-state index contributed by atoms with van der Waals surface area (Å²) < 4.78 is 0. The molecule has 6 aromatic heterocycles. The van der Waals surface area contributed by atoms with Crippen molar-refractivity contribution in [3.8, 4) is 44.5 Å². The highest BCUT2D eigenvalue weighted by molar-refractivity contribution is 6.00. The van der Waals surface area contributed by atoms with Gasteiger partial charge in [0.1, 0.15) is 0 Å². The first-order valence-corrected chi connectivity index (χ1v) is 16.2. The maximum atomic E-state index is 11.6. The van der Waals surface area contributed by atoms with E-state index in [0.29, 0.717) is 0 Å². The van der Waals surface area contributed by atoms with E-state index in [4.69, 9.17) is 9.97 Å². The second kappa shape index (κ2) is 12.3. The number of hydrogen-bond donors (Lipinski definition) is 2. The predicted octanol–water partition coefficient (Wildman–Crippen LogP) is 9.42. The molecule has 0 unspecified atom stereocenters. The van der Waals surface area contributed by atoms with Crippen LogP contribution in [-0.2, 0) is 0 Å². The Morgan fingerprint density at radius 2 is 0.745 bits per heavy atom. The van der Waals surface area contributed by atoms with Crippen molar-refractivity contribution in [1.29, 1.82) is 0 Å². The van der Waals surface area contributed by atoms with E-state index in [1.807, 2.05) is 85.0 Å². The van der Waals surface area contributed by atoms with Crippen LogP contribution >= 0.6 is 0 Å². The molecule has 9 rings (SSSR count). The van der Waals surface area contributed by atoms with Crippen molar-refractivity contribution in [1.82, 2.24) is 34.9 Å². The van der Waals surface area contributed by atoms with E-state index in [2.05, 4.69) is 24.9 Å². The molecule has 8 bridgehead atoms. The van der Waals surface area contributed by atoms with Gasteiger partial charge in [0.05, 0.1) is 27.7 Å². The molecule has 0 radical (unpaired) electrons. The van der Waals surface area contributed by atoms with Gasteiger partial charge in [0.25, 0.3) is 5.69 Å². The van der Waals surface area contributed by atoms with Gasteiger partial charge in [0.2, 0.25) is 0 Å². The van der Waals surface area contributed by atoms with Gasteiger partial charge in [-0.15, -0.1) is 0 Å². The maximum absolute atomic E-state index is 11.6. The third-order valence-electron chi connectivity index (χ3n) is 9.03. The molecule has 2 aliphatic rings. The van der Waals surface area contributed by atoms with Crippen molar-refractivity contribution in [3.05, 3.63) is 155 Å². The van der Waals surface area contributed by atoms with Crippen molar-refractivity contribution < 1.29 is 4.92 Å². The van der Waals surface area contributed by atoms with Crippen LogP contribution < -0.4 is 0 Å². The molecule has 2 aliphatic heterocycles.